The first kappa shape index (κ1) is 11.6. The second-order valence-corrected chi connectivity index (χ2v) is 5.90. The third-order valence-electron chi connectivity index (χ3n) is 4.75. The van der Waals surface area contributed by atoms with Gasteiger partial charge in [-0.25, -0.2) is 4.79 Å². The quantitative estimate of drug-likeness (QED) is 0.575. The lowest BCUT2D eigenvalue weighted by Gasteiger charge is -2.64. The maximum Gasteiger partial charge on any atom is 0.330 e. The van der Waals surface area contributed by atoms with E-state index in [1.165, 1.54) is 0 Å². The van der Waals surface area contributed by atoms with Crippen LogP contribution in [0.4, 0.5) is 0 Å². The van der Waals surface area contributed by atoms with Crippen molar-refractivity contribution in [3.05, 3.63) is 12.7 Å². The summed E-state index contributed by atoms with van der Waals surface area (Å²) in [7, 11) is 0. The van der Waals surface area contributed by atoms with Gasteiger partial charge in [-0.1, -0.05) is 20.4 Å². The Morgan fingerprint density at radius 3 is 2.50 bits per heavy atom. The summed E-state index contributed by atoms with van der Waals surface area (Å²) in [5, 5.41) is 10.5. The molecule has 3 saturated carbocycles. The lowest BCUT2D eigenvalue weighted by atomic mass is 9.43. The number of aliphatic hydroxyl groups is 1. The predicted octanol–water partition coefficient (Wildman–Crippen LogP) is 1.90. The Kier molecular flexibility index (Phi) is 2.42. The van der Waals surface area contributed by atoms with Gasteiger partial charge in [-0.3, -0.25) is 0 Å². The third-order valence-corrected chi connectivity index (χ3v) is 4.75. The van der Waals surface area contributed by atoms with Crippen LogP contribution in [0.15, 0.2) is 12.7 Å². The molecule has 16 heavy (non-hydrogen) atoms. The number of ether oxygens (including phenoxy) is 1. The molecule has 0 aromatic rings. The molecular weight excluding hydrogens is 204 g/mol. The van der Waals surface area contributed by atoms with Crippen LogP contribution in [0.25, 0.3) is 0 Å². The molecule has 3 rings (SSSR count). The molecule has 3 nitrogen and oxygen atoms in total. The maximum absolute atomic E-state index is 11.2. The molecule has 0 amide bonds. The molecule has 0 heterocycles. The summed E-state index contributed by atoms with van der Waals surface area (Å²) in [5.41, 5.74) is -0.739. The molecule has 3 fully saturated rings. The number of carbonyl (C=O) groups is 1. The van der Waals surface area contributed by atoms with E-state index in [1.54, 1.807) is 6.92 Å². The van der Waals surface area contributed by atoms with Gasteiger partial charge in [-0.15, -0.1) is 0 Å². The molecule has 4 unspecified atom stereocenters. The van der Waals surface area contributed by atoms with E-state index in [4.69, 9.17) is 4.74 Å². The highest BCUT2D eigenvalue weighted by Crippen LogP contribution is 2.63. The first-order chi connectivity index (χ1) is 7.30. The molecule has 0 saturated heterocycles. The fourth-order valence-electron chi connectivity index (χ4n) is 3.48. The van der Waals surface area contributed by atoms with Gasteiger partial charge in [0, 0.05) is 6.08 Å². The molecule has 3 aliphatic rings. The van der Waals surface area contributed by atoms with Crippen LogP contribution in [0.1, 0.15) is 33.6 Å². The van der Waals surface area contributed by atoms with Crippen LogP contribution in [0.2, 0.25) is 0 Å². The summed E-state index contributed by atoms with van der Waals surface area (Å²) in [5.74, 6) is 0.339. The van der Waals surface area contributed by atoms with Crippen molar-refractivity contribution < 1.29 is 14.6 Å². The summed E-state index contributed by atoms with van der Waals surface area (Å²) >= 11 is 0. The van der Waals surface area contributed by atoms with Gasteiger partial charge in [-0.05, 0) is 37.0 Å². The highest BCUT2D eigenvalue weighted by Gasteiger charge is 2.63. The molecular formula is C13H20O3. The zero-order valence-corrected chi connectivity index (χ0v) is 10.2. The number of rotatable bonds is 2. The molecule has 2 bridgehead atoms. The number of carbonyl (C=O) groups excluding carboxylic acids is 1. The number of hydrogen-bond acceptors (Lipinski definition) is 3. The lowest BCUT2D eigenvalue weighted by molar-refractivity contribution is -0.251. The van der Waals surface area contributed by atoms with E-state index >= 15 is 0 Å². The van der Waals surface area contributed by atoms with E-state index in [2.05, 4.69) is 20.4 Å². The summed E-state index contributed by atoms with van der Waals surface area (Å²) in [6.45, 7) is 9.54. The van der Waals surface area contributed by atoms with Crippen LogP contribution in [0, 0.1) is 17.3 Å². The van der Waals surface area contributed by atoms with E-state index in [0.29, 0.717) is 5.92 Å². The van der Waals surface area contributed by atoms with Gasteiger partial charge in [0.2, 0.25) is 0 Å². The molecule has 90 valence electrons. The summed E-state index contributed by atoms with van der Waals surface area (Å²) < 4.78 is 5.24. The van der Waals surface area contributed by atoms with Crippen molar-refractivity contribution in [2.75, 3.05) is 0 Å². The Labute approximate surface area is 96.5 Å². The van der Waals surface area contributed by atoms with Crippen LogP contribution in [0.5, 0.6) is 0 Å². The smallest absolute Gasteiger partial charge is 0.330 e. The fourth-order valence-corrected chi connectivity index (χ4v) is 3.48. The Balaban J connectivity index is 2.14. The first-order valence-corrected chi connectivity index (χ1v) is 5.85. The zero-order valence-electron chi connectivity index (χ0n) is 10.2. The topological polar surface area (TPSA) is 46.5 Å². The molecule has 0 aromatic carbocycles. The molecule has 1 N–H and O–H groups in total. The van der Waals surface area contributed by atoms with Crippen molar-refractivity contribution in [3.63, 3.8) is 0 Å². The zero-order chi connectivity index (χ0) is 12.1. The fraction of sp³-hybridized carbons (Fsp3) is 0.769. The predicted molar refractivity (Wildman–Crippen MR) is 60.7 cm³/mol. The highest BCUT2D eigenvalue weighted by atomic mass is 16.6. The number of fused-ring (bicyclic) bond motifs is 2. The van der Waals surface area contributed by atoms with E-state index < -0.39 is 11.6 Å². The van der Waals surface area contributed by atoms with Gasteiger partial charge >= 0.3 is 5.97 Å². The standard InChI is InChI=1S/C13H20O3/c1-5-11(14)16-10-7-8-6-9(12(8,2)3)13(10,4)15/h5,8-10,15H,1,6-7H2,2-4H3. The SMILES string of the molecule is C=CC(=O)OC1CC2CC(C2(C)C)C1(C)O. The molecule has 0 spiro atoms. The van der Waals surface area contributed by atoms with E-state index in [-0.39, 0.29) is 17.4 Å². The minimum atomic E-state index is -0.906. The van der Waals surface area contributed by atoms with Gasteiger partial charge < -0.3 is 9.84 Å². The summed E-state index contributed by atoms with van der Waals surface area (Å²) in [6.07, 6.45) is 2.58. The second-order valence-electron chi connectivity index (χ2n) is 5.90. The van der Waals surface area contributed by atoms with Crippen LogP contribution >= 0.6 is 0 Å². The minimum Gasteiger partial charge on any atom is -0.456 e. The van der Waals surface area contributed by atoms with Crippen LogP contribution in [-0.2, 0) is 9.53 Å². The minimum absolute atomic E-state index is 0.167. The monoisotopic (exact) mass is 224 g/mol. The summed E-state index contributed by atoms with van der Waals surface area (Å²) in [4.78, 5) is 11.2. The Hall–Kier alpha value is -0.830. The van der Waals surface area contributed by atoms with Crippen molar-refractivity contribution in [1.82, 2.24) is 0 Å². The molecule has 0 aromatic heterocycles. The molecule has 3 aliphatic carbocycles. The largest absolute Gasteiger partial charge is 0.456 e. The molecule has 4 atom stereocenters. The van der Waals surface area contributed by atoms with E-state index in [9.17, 15) is 9.90 Å². The van der Waals surface area contributed by atoms with Gasteiger partial charge in [-0.2, -0.15) is 0 Å². The molecule has 0 radical (unpaired) electrons. The van der Waals surface area contributed by atoms with Gasteiger partial charge in [0.25, 0.3) is 0 Å². The Bertz CT molecular complexity index is 330. The second kappa shape index (κ2) is 3.33. The van der Waals surface area contributed by atoms with Crippen molar-refractivity contribution >= 4 is 5.97 Å². The highest BCUT2D eigenvalue weighted by molar-refractivity contribution is 5.81. The number of hydrogen-bond donors (Lipinski definition) is 1. The van der Waals surface area contributed by atoms with Crippen molar-refractivity contribution in [2.45, 2.75) is 45.3 Å². The molecule has 3 heteroatoms. The van der Waals surface area contributed by atoms with Gasteiger partial charge in [0.05, 0.1) is 0 Å². The Morgan fingerprint density at radius 2 is 2.06 bits per heavy atom. The van der Waals surface area contributed by atoms with Gasteiger partial charge in [0.15, 0.2) is 0 Å². The van der Waals surface area contributed by atoms with Crippen molar-refractivity contribution in [2.24, 2.45) is 17.3 Å². The lowest BCUT2D eigenvalue weighted by Crippen LogP contribution is -2.67. The Morgan fingerprint density at radius 1 is 1.44 bits per heavy atom. The van der Waals surface area contributed by atoms with Crippen LogP contribution in [-0.4, -0.2) is 22.8 Å². The van der Waals surface area contributed by atoms with Gasteiger partial charge in [0.1, 0.15) is 11.7 Å². The van der Waals surface area contributed by atoms with Crippen LogP contribution < -0.4 is 0 Å². The van der Waals surface area contributed by atoms with Crippen molar-refractivity contribution in [1.29, 1.82) is 0 Å². The normalized spacial score (nSPS) is 44.4. The summed E-state index contributed by atoms with van der Waals surface area (Å²) in [6, 6.07) is 0. The molecule has 0 aliphatic heterocycles. The maximum atomic E-state index is 11.2. The number of esters is 1. The van der Waals surface area contributed by atoms with E-state index in [1.807, 2.05) is 0 Å². The third kappa shape index (κ3) is 1.41. The average Bonchev–Trinajstić information content (AvgIpc) is 2.19. The van der Waals surface area contributed by atoms with Crippen molar-refractivity contribution in [3.8, 4) is 0 Å². The average molecular weight is 224 g/mol. The van der Waals surface area contributed by atoms with Crippen LogP contribution in [0.3, 0.4) is 0 Å². The first-order valence-electron chi connectivity index (χ1n) is 5.85. The van der Waals surface area contributed by atoms with E-state index in [0.717, 1.165) is 18.9 Å².